The molecule has 3 rings (SSSR count). The van der Waals surface area contributed by atoms with Crippen molar-refractivity contribution in [3.63, 3.8) is 0 Å². The van der Waals surface area contributed by atoms with Crippen LogP contribution < -0.4 is 15.9 Å². The summed E-state index contributed by atoms with van der Waals surface area (Å²) in [6.07, 6.45) is 1.53. The van der Waals surface area contributed by atoms with Crippen LogP contribution in [0, 0.1) is 0 Å². The summed E-state index contributed by atoms with van der Waals surface area (Å²) < 4.78 is 7.37. The molecule has 0 saturated heterocycles. The maximum absolute atomic E-state index is 12.1. The number of amides is 1. The minimum atomic E-state index is -0.378. The molecule has 3 N–H and O–H groups in total. The number of halogens is 3. The van der Waals surface area contributed by atoms with Gasteiger partial charge in [0.1, 0.15) is 12.4 Å². The number of para-hydroxylation sites is 1. The molecule has 0 aromatic heterocycles. The van der Waals surface area contributed by atoms with Gasteiger partial charge in [0.25, 0.3) is 5.91 Å². The molecule has 3 aromatic rings. The van der Waals surface area contributed by atoms with Gasteiger partial charge in [0.05, 0.1) is 20.7 Å². The van der Waals surface area contributed by atoms with E-state index < -0.39 is 0 Å². The number of anilines is 1. The zero-order chi connectivity index (χ0) is 20.8. The van der Waals surface area contributed by atoms with Crippen LogP contribution in [-0.4, -0.2) is 12.1 Å². The van der Waals surface area contributed by atoms with Crippen molar-refractivity contribution < 1.29 is 9.53 Å². The van der Waals surface area contributed by atoms with E-state index in [1.165, 1.54) is 6.21 Å². The number of hydrogen-bond acceptors (Lipinski definition) is 4. The number of ether oxygens (including phenoxy) is 1. The van der Waals surface area contributed by atoms with Crippen molar-refractivity contribution in [3.8, 4) is 5.75 Å². The second-order valence-corrected chi connectivity index (χ2v) is 8.10. The highest BCUT2D eigenvalue weighted by atomic mass is 79.9. The lowest BCUT2D eigenvalue weighted by Crippen LogP contribution is -2.19. The molecule has 1 amide bonds. The van der Waals surface area contributed by atoms with Crippen LogP contribution in [0.1, 0.15) is 21.5 Å². The predicted octanol–water partition coefficient (Wildman–Crippen LogP) is 5.79. The Morgan fingerprint density at radius 3 is 2.45 bits per heavy atom. The number of nitrogens with zero attached hydrogens (tertiary/aromatic N) is 1. The van der Waals surface area contributed by atoms with E-state index in [1.54, 1.807) is 24.3 Å². The average Bonchev–Trinajstić information content (AvgIpc) is 2.69. The maximum atomic E-state index is 12.1. The molecular formula is C21H16Br2ClN3O2. The number of hydrazone groups is 1. The van der Waals surface area contributed by atoms with Crippen LogP contribution in [0.5, 0.6) is 5.75 Å². The predicted molar refractivity (Wildman–Crippen MR) is 124 cm³/mol. The highest BCUT2D eigenvalue weighted by Crippen LogP contribution is 2.35. The van der Waals surface area contributed by atoms with E-state index in [9.17, 15) is 4.79 Å². The van der Waals surface area contributed by atoms with E-state index in [1.807, 2.05) is 36.4 Å². The number of nitrogens with one attached hydrogen (secondary N) is 1. The summed E-state index contributed by atoms with van der Waals surface area (Å²) in [5, 5.41) is 4.65. The molecule has 0 bridgehead atoms. The zero-order valence-corrected chi connectivity index (χ0v) is 19.0. The lowest BCUT2D eigenvalue weighted by Gasteiger charge is -2.12. The number of carbonyl (C=O) groups excluding carboxylic acids is 1. The molecule has 0 aliphatic carbocycles. The maximum Gasteiger partial charge on any atom is 0.273 e. The van der Waals surface area contributed by atoms with Gasteiger partial charge in [0.15, 0.2) is 0 Å². The van der Waals surface area contributed by atoms with Gasteiger partial charge >= 0.3 is 0 Å². The van der Waals surface area contributed by atoms with Crippen molar-refractivity contribution in [1.82, 2.24) is 5.43 Å². The van der Waals surface area contributed by atoms with E-state index in [0.717, 1.165) is 20.1 Å². The average molecular weight is 538 g/mol. The van der Waals surface area contributed by atoms with Crippen LogP contribution in [-0.2, 0) is 6.61 Å². The Labute approximate surface area is 190 Å². The number of benzene rings is 3. The molecule has 0 heterocycles. The molecular weight excluding hydrogens is 522 g/mol. The first kappa shape index (κ1) is 21.4. The van der Waals surface area contributed by atoms with Gasteiger partial charge in [0.2, 0.25) is 0 Å². The number of hydrogen-bond donors (Lipinski definition) is 2. The topological polar surface area (TPSA) is 76.7 Å². The van der Waals surface area contributed by atoms with Crippen molar-refractivity contribution in [3.05, 3.63) is 91.3 Å². The molecule has 0 atom stereocenters. The summed E-state index contributed by atoms with van der Waals surface area (Å²) in [5.74, 6) is 0.264. The Morgan fingerprint density at radius 2 is 1.76 bits per heavy atom. The Morgan fingerprint density at radius 1 is 1.10 bits per heavy atom. The smallest absolute Gasteiger partial charge is 0.273 e. The van der Waals surface area contributed by atoms with Crippen molar-refractivity contribution >= 4 is 61.3 Å². The van der Waals surface area contributed by atoms with Gasteiger partial charge in [-0.15, -0.1) is 0 Å². The van der Waals surface area contributed by atoms with Gasteiger partial charge in [0, 0.05) is 16.3 Å². The van der Waals surface area contributed by atoms with Gasteiger partial charge in [-0.2, -0.15) is 5.10 Å². The van der Waals surface area contributed by atoms with Crippen LogP contribution in [0.25, 0.3) is 0 Å². The Balaban J connectivity index is 1.67. The van der Waals surface area contributed by atoms with Gasteiger partial charge in [-0.3, -0.25) is 4.79 Å². The zero-order valence-electron chi connectivity index (χ0n) is 15.0. The molecule has 0 radical (unpaired) electrons. The van der Waals surface area contributed by atoms with Crippen LogP contribution >= 0.6 is 43.5 Å². The van der Waals surface area contributed by atoms with E-state index in [0.29, 0.717) is 28.6 Å². The normalized spacial score (nSPS) is 10.9. The molecule has 3 aromatic carbocycles. The van der Waals surface area contributed by atoms with Crippen LogP contribution in [0.3, 0.4) is 0 Å². The fourth-order valence-electron chi connectivity index (χ4n) is 2.49. The fraction of sp³-hybridized carbons (Fsp3) is 0.0476. The minimum Gasteiger partial charge on any atom is -0.486 e. The third-order valence-electron chi connectivity index (χ3n) is 3.94. The largest absolute Gasteiger partial charge is 0.486 e. The second-order valence-electron chi connectivity index (χ2n) is 5.98. The molecule has 148 valence electrons. The first-order valence-electron chi connectivity index (χ1n) is 8.49. The molecule has 5 nitrogen and oxygen atoms in total. The summed E-state index contributed by atoms with van der Waals surface area (Å²) in [6.45, 7) is 0.332. The lowest BCUT2D eigenvalue weighted by atomic mass is 10.2. The standard InChI is InChI=1S/C21H16Br2ClN3O2/c22-16-9-13(11-26-27-21(28)15-6-2-4-8-19(15)25)10-17(23)20(16)29-12-14-5-1-3-7-18(14)24/h1-11H,12,25H2,(H,27,28)/b26-11+. The minimum absolute atomic E-state index is 0.332. The summed E-state index contributed by atoms with van der Waals surface area (Å²) in [6, 6.07) is 18.0. The molecule has 0 spiro atoms. The molecule has 0 aliphatic rings. The third kappa shape index (κ3) is 5.59. The van der Waals surface area contributed by atoms with E-state index in [2.05, 4.69) is 42.4 Å². The number of nitrogen functional groups attached to an aromatic ring is 1. The second kappa shape index (κ2) is 9.91. The van der Waals surface area contributed by atoms with Crippen LogP contribution in [0.4, 0.5) is 5.69 Å². The number of nitrogens with two attached hydrogens (primary N) is 1. The SMILES string of the molecule is Nc1ccccc1C(=O)N/N=C/c1cc(Br)c(OCc2ccccc2Cl)c(Br)c1. The van der Waals surface area contributed by atoms with Crippen LogP contribution in [0.2, 0.25) is 5.02 Å². The van der Waals surface area contributed by atoms with Gasteiger partial charge in [-0.1, -0.05) is 41.9 Å². The monoisotopic (exact) mass is 535 g/mol. The van der Waals surface area contributed by atoms with Crippen LogP contribution in [0.15, 0.2) is 74.7 Å². The molecule has 0 aliphatic heterocycles. The molecule has 0 unspecified atom stereocenters. The number of rotatable bonds is 6. The van der Waals surface area contributed by atoms with Gasteiger partial charge in [-0.25, -0.2) is 5.43 Å². The Hall–Kier alpha value is -2.35. The fourth-order valence-corrected chi connectivity index (χ4v) is 4.13. The highest BCUT2D eigenvalue weighted by Gasteiger charge is 2.11. The van der Waals surface area contributed by atoms with E-state index >= 15 is 0 Å². The van der Waals surface area contributed by atoms with E-state index in [-0.39, 0.29) is 5.91 Å². The highest BCUT2D eigenvalue weighted by molar-refractivity contribution is 9.11. The molecule has 29 heavy (non-hydrogen) atoms. The first-order valence-corrected chi connectivity index (χ1v) is 10.4. The van der Waals surface area contributed by atoms with E-state index in [4.69, 9.17) is 22.1 Å². The van der Waals surface area contributed by atoms with Crippen molar-refractivity contribution in [2.75, 3.05) is 5.73 Å². The molecule has 8 heteroatoms. The first-order chi connectivity index (χ1) is 14.0. The van der Waals surface area contributed by atoms with Crippen molar-refractivity contribution in [2.24, 2.45) is 5.10 Å². The van der Waals surface area contributed by atoms with Crippen molar-refractivity contribution in [1.29, 1.82) is 0 Å². The Kier molecular flexibility index (Phi) is 7.30. The quantitative estimate of drug-likeness (QED) is 0.237. The summed E-state index contributed by atoms with van der Waals surface area (Å²) in [5.41, 5.74) is 10.7. The molecule has 0 fully saturated rings. The van der Waals surface area contributed by atoms with Gasteiger partial charge < -0.3 is 10.5 Å². The number of carbonyl (C=O) groups is 1. The lowest BCUT2D eigenvalue weighted by molar-refractivity contribution is 0.0956. The summed E-state index contributed by atoms with van der Waals surface area (Å²) in [4.78, 5) is 12.1. The molecule has 0 saturated carbocycles. The van der Waals surface area contributed by atoms with Crippen molar-refractivity contribution in [2.45, 2.75) is 6.61 Å². The summed E-state index contributed by atoms with van der Waals surface area (Å²) in [7, 11) is 0. The summed E-state index contributed by atoms with van der Waals surface area (Å²) >= 11 is 13.2. The Bertz CT molecular complexity index is 1050. The van der Waals surface area contributed by atoms with Gasteiger partial charge in [-0.05, 0) is 67.8 Å². The third-order valence-corrected chi connectivity index (χ3v) is 5.48.